The van der Waals surface area contributed by atoms with E-state index in [9.17, 15) is 27.5 Å². The molecule has 2 rings (SSSR count). The summed E-state index contributed by atoms with van der Waals surface area (Å²) in [6.45, 7) is 0.751. The molecule has 0 spiro atoms. The van der Waals surface area contributed by atoms with Crippen LogP contribution in [0.2, 0.25) is 5.02 Å². The topological polar surface area (TPSA) is 58.6 Å². The number of hydrogen-bond donors (Lipinski definition) is 0. The maximum absolute atomic E-state index is 13.5. The Morgan fingerprint density at radius 2 is 2.04 bits per heavy atom. The largest absolute Gasteiger partial charge is 1.00 e. The van der Waals surface area contributed by atoms with Crippen molar-refractivity contribution >= 4 is 17.6 Å². The Balaban J connectivity index is 0.00000288. The zero-order valence-corrected chi connectivity index (χ0v) is 16.9. The van der Waals surface area contributed by atoms with Crippen molar-refractivity contribution in [3.63, 3.8) is 0 Å². The molecule has 0 radical (unpaired) electrons. The smallest absolute Gasteiger partial charge is 0.547 e. The molecule has 1 heterocycles. The van der Waals surface area contributed by atoms with Crippen LogP contribution < -0.4 is 61.2 Å². The predicted octanol–water partition coefficient (Wildman–Crippen LogP) is -0.565. The average Bonchev–Trinajstić information content (AvgIpc) is 2.81. The Hall–Kier alpha value is 0.0964. The first kappa shape index (κ1) is 22.1. The zero-order valence-electron chi connectivity index (χ0n) is 13.0. The summed E-state index contributed by atoms with van der Waals surface area (Å²) in [5.41, 5.74) is -2.66. The van der Waals surface area contributed by atoms with Crippen molar-refractivity contribution in [1.82, 2.24) is 0 Å². The first-order valence-corrected chi connectivity index (χ1v) is 6.87. The minimum atomic E-state index is -4.79. The quantitative estimate of drug-likeness (QED) is 0.509. The summed E-state index contributed by atoms with van der Waals surface area (Å²) in [6.07, 6.45) is -7.34. The first-order chi connectivity index (χ1) is 10.5. The van der Waals surface area contributed by atoms with Crippen LogP contribution in [0.3, 0.4) is 0 Å². The molecule has 128 valence electrons. The Morgan fingerprint density at radius 1 is 1.46 bits per heavy atom. The summed E-state index contributed by atoms with van der Waals surface area (Å²) in [5, 5.41) is 10.8. The SMILES string of the molecule is COc1c(C2CC(C)(C(F)(F)F)OC2C(=O)[O-])ccc(F)c1Cl.[K+]. The number of hydrogen-bond acceptors (Lipinski definition) is 4. The van der Waals surface area contributed by atoms with Gasteiger partial charge in [0.2, 0.25) is 0 Å². The van der Waals surface area contributed by atoms with Gasteiger partial charge in [0.05, 0.1) is 13.1 Å². The van der Waals surface area contributed by atoms with Crippen LogP contribution in [-0.2, 0) is 9.53 Å². The molecule has 0 aromatic heterocycles. The maximum atomic E-state index is 13.5. The number of ether oxygens (including phenoxy) is 2. The third kappa shape index (κ3) is 3.92. The normalized spacial score (nSPS) is 26.8. The van der Waals surface area contributed by atoms with E-state index < -0.39 is 47.0 Å². The van der Waals surface area contributed by atoms with Crippen LogP contribution in [0.1, 0.15) is 24.8 Å². The summed E-state index contributed by atoms with van der Waals surface area (Å²) in [6, 6.07) is 2.06. The Kier molecular flexibility index (Phi) is 7.17. The second-order valence-electron chi connectivity index (χ2n) is 5.38. The van der Waals surface area contributed by atoms with E-state index in [-0.39, 0.29) is 62.7 Å². The molecule has 3 unspecified atom stereocenters. The van der Waals surface area contributed by atoms with Gasteiger partial charge in [0, 0.05) is 11.5 Å². The van der Waals surface area contributed by atoms with Crippen LogP contribution in [0.15, 0.2) is 12.1 Å². The standard InChI is InChI=1S/C14H13ClF4O4.K/c1-13(14(17,18)19)5-7(11(23-13)12(20)21)6-3-4-8(16)9(15)10(6)22-2;/h3-4,7,11H,5H2,1-2H3,(H,20,21);/q;+1/p-1. The summed E-state index contributed by atoms with van der Waals surface area (Å²) in [5.74, 6) is -4.11. The van der Waals surface area contributed by atoms with Gasteiger partial charge in [-0.25, -0.2) is 4.39 Å². The van der Waals surface area contributed by atoms with Crippen LogP contribution in [0, 0.1) is 5.82 Å². The molecule has 1 aliphatic heterocycles. The van der Waals surface area contributed by atoms with Gasteiger partial charge in [-0.2, -0.15) is 13.2 Å². The van der Waals surface area contributed by atoms with Gasteiger partial charge in [-0.3, -0.25) is 0 Å². The number of rotatable bonds is 3. The van der Waals surface area contributed by atoms with Gasteiger partial charge in [0.25, 0.3) is 0 Å². The van der Waals surface area contributed by atoms with Gasteiger partial charge in [-0.15, -0.1) is 0 Å². The maximum Gasteiger partial charge on any atom is 1.00 e. The van der Waals surface area contributed by atoms with E-state index in [1.54, 1.807) is 0 Å². The third-order valence-corrected chi connectivity index (χ3v) is 4.23. The summed E-state index contributed by atoms with van der Waals surface area (Å²) >= 11 is 5.74. The number of carbonyl (C=O) groups excluding carboxylic acids is 1. The second kappa shape index (κ2) is 7.77. The van der Waals surface area contributed by atoms with Gasteiger partial charge in [0.1, 0.15) is 22.7 Å². The van der Waals surface area contributed by atoms with E-state index in [2.05, 4.69) is 0 Å². The number of halogens is 5. The van der Waals surface area contributed by atoms with Crippen molar-refractivity contribution in [3.05, 3.63) is 28.5 Å². The molecular weight excluding hydrogens is 383 g/mol. The molecule has 3 atom stereocenters. The predicted molar refractivity (Wildman–Crippen MR) is 69.7 cm³/mol. The number of benzene rings is 1. The molecule has 0 N–H and O–H groups in total. The van der Waals surface area contributed by atoms with E-state index in [1.807, 2.05) is 0 Å². The van der Waals surface area contributed by atoms with Gasteiger partial charge in [0.15, 0.2) is 5.60 Å². The van der Waals surface area contributed by atoms with Gasteiger partial charge in [-0.05, 0) is 19.4 Å². The number of methoxy groups -OCH3 is 1. The number of carbonyl (C=O) groups is 1. The molecule has 0 bridgehead atoms. The van der Waals surface area contributed by atoms with Crippen LogP contribution in [0.25, 0.3) is 0 Å². The van der Waals surface area contributed by atoms with Crippen LogP contribution in [0.4, 0.5) is 17.6 Å². The number of aliphatic carboxylic acids is 1. The van der Waals surface area contributed by atoms with Crippen LogP contribution in [0.5, 0.6) is 5.75 Å². The molecule has 4 nitrogen and oxygen atoms in total. The fourth-order valence-corrected chi connectivity index (χ4v) is 2.90. The molecule has 1 aromatic rings. The molecule has 1 fully saturated rings. The number of carboxylic acids is 1. The number of carboxylic acid groups (broad SMARTS) is 1. The Morgan fingerprint density at radius 3 is 2.50 bits per heavy atom. The molecule has 1 aromatic carbocycles. The molecule has 1 aliphatic rings. The van der Waals surface area contributed by atoms with E-state index in [4.69, 9.17) is 21.1 Å². The minimum Gasteiger partial charge on any atom is -0.547 e. The first-order valence-electron chi connectivity index (χ1n) is 6.49. The summed E-state index contributed by atoms with van der Waals surface area (Å²) in [4.78, 5) is 11.2. The summed E-state index contributed by atoms with van der Waals surface area (Å²) < 4.78 is 62.6. The Bertz CT molecular complexity index is 640. The fourth-order valence-electron chi connectivity index (χ4n) is 2.65. The molecule has 0 saturated carbocycles. The Labute approximate surface area is 182 Å². The van der Waals surface area contributed by atoms with Crippen molar-refractivity contribution < 1.29 is 88.3 Å². The third-order valence-electron chi connectivity index (χ3n) is 3.88. The monoisotopic (exact) mass is 394 g/mol. The van der Waals surface area contributed by atoms with Gasteiger partial charge < -0.3 is 19.4 Å². The molecule has 0 amide bonds. The molecule has 24 heavy (non-hydrogen) atoms. The fraction of sp³-hybridized carbons (Fsp3) is 0.500. The minimum absolute atomic E-state index is 0. The summed E-state index contributed by atoms with van der Waals surface area (Å²) in [7, 11) is 1.15. The number of alkyl halides is 3. The second-order valence-corrected chi connectivity index (χ2v) is 5.76. The van der Waals surface area contributed by atoms with E-state index >= 15 is 0 Å². The molecule has 10 heteroatoms. The van der Waals surface area contributed by atoms with E-state index in [0.29, 0.717) is 0 Å². The van der Waals surface area contributed by atoms with Crippen molar-refractivity contribution in [3.8, 4) is 5.75 Å². The molecule has 1 saturated heterocycles. The zero-order chi connectivity index (χ0) is 17.6. The van der Waals surface area contributed by atoms with E-state index in [0.717, 1.165) is 26.2 Å². The van der Waals surface area contributed by atoms with Crippen molar-refractivity contribution in [1.29, 1.82) is 0 Å². The van der Waals surface area contributed by atoms with Crippen LogP contribution in [-0.4, -0.2) is 31.0 Å². The van der Waals surface area contributed by atoms with Crippen LogP contribution >= 0.6 is 11.6 Å². The van der Waals surface area contributed by atoms with Gasteiger partial charge >= 0.3 is 57.6 Å². The van der Waals surface area contributed by atoms with Crippen molar-refractivity contribution in [2.75, 3.05) is 7.11 Å². The van der Waals surface area contributed by atoms with Gasteiger partial charge in [-0.1, -0.05) is 17.7 Å². The molecule has 0 aliphatic carbocycles. The van der Waals surface area contributed by atoms with E-state index in [1.165, 1.54) is 0 Å². The van der Waals surface area contributed by atoms with Crippen molar-refractivity contribution in [2.24, 2.45) is 0 Å². The van der Waals surface area contributed by atoms with Crippen molar-refractivity contribution in [2.45, 2.75) is 37.1 Å². The average molecular weight is 395 g/mol. The molecular formula is C14H12ClF4KO4.